The lowest BCUT2D eigenvalue weighted by atomic mass is 9.60. The van der Waals surface area contributed by atoms with Gasteiger partial charge < -0.3 is 29.6 Å². The fourth-order valence-electron chi connectivity index (χ4n) is 7.92. The molecule has 1 aromatic heterocycles. The van der Waals surface area contributed by atoms with E-state index in [4.69, 9.17) is 9.47 Å². The van der Waals surface area contributed by atoms with Crippen molar-refractivity contribution in [1.82, 2.24) is 20.1 Å². The number of piperidine rings is 1. The maximum atomic E-state index is 14.9. The fourth-order valence-corrected chi connectivity index (χ4v) is 7.92. The minimum Gasteiger partial charge on any atom is -0.466 e. The van der Waals surface area contributed by atoms with E-state index in [1.807, 2.05) is 59.5 Å². The molecule has 12 heteroatoms. The summed E-state index contributed by atoms with van der Waals surface area (Å²) in [6.07, 6.45) is 4.65. The predicted molar refractivity (Wildman–Crippen MR) is 203 cm³/mol. The van der Waals surface area contributed by atoms with Gasteiger partial charge in [-0.05, 0) is 81.2 Å². The summed E-state index contributed by atoms with van der Waals surface area (Å²) in [6, 6.07) is 20.3. The van der Waals surface area contributed by atoms with Crippen LogP contribution in [0.15, 0.2) is 77.7 Å². The number of hydrogen-bond acceptors (Lipinski definition) is 8. The lowest BCUT2D eigenvalue weighted by molar-refractivity contribution is -0.150. The molecule has 3 aromatic rings. The van der Waals surface area contributed by atoms with E-state index in [0.717, 1.165) is 16.7 Å². The molecule has 2 heterocycles. The largest absolute Gasteiger partial charge is 0.466 e. The van der Waals surface area contributed by atoms with Crippen LogP contribution in [-0.2, 0) is 36.3 Å². The maximum absolute atomic E-state index is 14.9. The van der Waals surface area contributed by atoms with Gasteiger partial charge in [0.25, 0.3) is 11.5 Å². The third kappa shape index (κ3) is 9.09. The van der Waals surface area contributed by atoms with Crippen molar-refractivity contribution in [3.05, 3.63) is 106 Å². The summed E-state index contributed by atoms with van der Waals surface area (Å²) in [7, 11) is 1.60. The van der Waals surface area contributed by atoms with Crippen molar-refractivity contribution in [3.63, 3.8) is 0 Å². The number of ether oxygens (including phenoxy) is 2. The predicted octanol–water partition coefficient (Wildman–Crippen LogP) is 5.02. The van der Waals surface area contributed by atoms with Crippen LogP contribution in [0.1, 0.15) is 98.2 Å². The highest BCUT2D eigenvalue weighted by Crippen LogP contribution is 2.49. The standard InChI is InChI=1S/C42H52N4O8/c1-4-53-40(51)29(14-11-12-24-43-41(52)54-5-2)28-36(47)42(30-15-7-6-8-16-30)23-20-33(32-17-9-10-19-35(32)42)39(50)46-26-21-31(22-27-46)44-37(48)34-18-13-25-45(3)38(34)49/h6-10,13,15-19,25,29,31,33H,4-5,11-12,14,20-24,26-28H2,1-3H3,(H,43,52)(H,44,48)/t29-,33+,42-/m1/s1. The highest BCUT2D eigenvalue weighted by atomic mass is 16.5. The van der Waals surface area contributed by atoms with Gasteiger partial charge in [0, 0.05) is 45.3 Å². The van der Waals surface area contributed by atoms with Crippen LogP contribution in [0.2, 0.25) is 0 Å². The molecule has 0 radical (unpaired) electrons. The maximum Gasteiger partial charge on any atom is 0.407 e. The minimum absolute atomic E-state index is 0.0147. The van der Waals surface area contributed by atoms with E-state index >= 15 is 0 Å². The van der Waals surface area contributed by atoms with Crippen LogP contribution in [0.4, 0.5) is 4.79 Å². The molecule has 12 nitrogen and oxygen atoms in total. The number of benzene rings is 2. The highest BCUT2D eigenvalue weighted by Gasteiger charge is 2.49. The first-order valence-electron chi connectivity index (χ1n) is 19.1. The molecule has 3 atom stereocenters. The molecule has 2 aliphatic rings. The number of amides is 3. The molecule has 1 fully saturated rings. The van der Waals surface area contributed by atoms with Crippen LogP contribution in [0.25, 0.3) is 0 Å². The second-order valence-electron chi connectivity index (χ2n) is 14.1. The number of pyridine rings is 1. The Balaban J connectivity index is 1.33. The van der Waals surface area contributed by atoms with Crippen molar-refractivity contribution in [1.29, 1.82) is 0 Å². The van der Waals surface area contributed by atoms with E-state index in [1.165, 1.54) is 10.6 Å². The number of fused-ring (bicyclic) bond motifs is 1. The smallest absolute Gasteiger partial charge is 0.407 e. The number of rotatable bonds is 15. The molecule has 0 bridgehead atoms. The molecule has 0 unspecified atom stereocenters. The number of aryl methyl sites for hydroxylation is 1. The molecule has 288 valence electrons. The van der Waals surface area contributed by atoms with E-state index < -0.39 is 35.2 Å². The SMILES string of the molecule is CCOC(=O)NCCCC[C@H](CC(=O)[C@@]1(c2ccccc2)CC[C@H](C(=O)N2CCC(NC(=O)c3cccn(C)c3=O)CC2)c2ccccc21)C(=O)OCC. The molecule has 1 saturated heterocycles. The Bertz CT molecular complexity index is 1850. The summed E-state index contributed by atoms with van der Waals surface area (Å²) >= 11 is 0. The van der Waals surface area contributed by atoms with Crippen LogP contribution in [0, 0.1) is 5.92 Å². The summed E-state index contributed by atoms with van der Waals surface area (Å²) < 4.78 is 11.7. The molecule has 2 aromatic carbocycles. The number of hydrogen-bond donors (Lipinski definition) is 2. The highest BCUT2D eigenvalue weighted by molar-refractivity contribution is 5.98. The van der Waals surface area contributed by atoms with Crippen molar-refractivity contribution >= 4 is 29.7 Å². The lowest BCUT2D eigenvalue weighted by Crippen LogP contribution is -2.50. The van der Waals surface area contributed by atoms with E-state index in [2.05, 4.69) is 10.6 Å². The third-order valence-electron chi connectivity index (χ3n) is 10.7. The molecule has 0 spiro atoms. The van der Waals surface area contributed by atoms with Crippen molar-refractivity contribution in [3.8, 4) is 0 Å². The van der Waals surface area contributed by atoms with Crippen LogP contribution in [0.3, 0.4) is 0 Å². The number of ketones is 1. The summed E-state index contributed by atoms with van der Waals surface area (Å²) in [6.45, 7) is 5.25. The first-order chi connectivity index (χ1) is 26.1. The van der Waals surface area contributed by atoms with Gasteiger partial charge in [-0.25, -0.2) is 4.79 Å². The average Bonchev–Trinajstić information content (AvgIpc) is 3.18. The number of nitrogens with zero attached hydrogens (tertiary/aromatic N) is 2. The zero-order valence-electron chi connectivity index (χ0n) is 31.5. The Hall–Kier alpha value is -5.26. The van der Waals surface area contributed by atoms with Crippen LogP contribution < -0.4 is 16.2 Å². The topological polar surface area (TPSA) is 153 Å². The van der Waals surface area contributed by atoms with Gasteiger partial charge in [0.2, 0.25) is 5.91 Å². The number of carbonyl (C=O) groups excluding carboxylic acids is 5. The van der Waals surface area contributed by atoms with Gasteiger partial charge in [-0.3, -0.25) is 24.0 Å². The number of likely N-dealkylation sites (tertiary alicyclic amines) is 1. The second-order valence-corrected chi connectivity index (χ2v) is 14.1. The number of Topliss-reactive ketones (excluding diaryl/α,β-unsaturated/α-hetero) is 1. The number of carbonyl (C=O) groups is 5. The quantitative estimate of drug-likeness (QED) is 0.163. The molecular formula is C42H52N4O8. The van der Waals surface area contributed by atoms with E-state index in [1.54, 1.807) is 33.2 Å². The lowest BCUT2D eigenvalue weighted by Gasteiger charge is -2.43. The third-order valence-corrected chi connectivity index (χ3v) is 10.7. The fraction of sp³-hybridized carbons (Fsp3) is 0.476. The average molecular weight is 741 g/mol. The first kappa shape index (κ1) is 39.9. The number of esters is 1. The monoisotopic (exact) mass is 740 g/mol. The number of nitrogens with one attached hydrogen (secondary N) is 2. The molecule has 54 heavy (non-hydrogen) atoms. The van der Waals surface area contributed by atoms with Crippen molar-refractivity contribution in [2.24, 2.45) is 13.0 Å². The number of aromatic nitrogens is 1. The molecule has 1 aliphatic heterocycles. The Morgan fingerprint density at radius 3 is 2.30 bits per heavy atom. The van der Waals surface area contributed by atoms with Crippen molar-refractivity contribution in [2.45, 2.75) is 82.6 Å². The van der Waals surface area contributed by atoms with Gasteiger partial charge in [-0.15, -0.1) is 0 Å². The van der Waals surface area contributed by atoms with Crippen LogP contribution >= 0.6 is 0 Å². The van der Waals surface area contributed by atoms with Gasteiger partial charge in [-0.2, -0.15) is 0 Å². The summed E-state index contributed by atoms with van der Waals surface area (Å²) in [5.74, 6) is -2.08. The number of alkyl carbamates (subject to hydrolysis) is 1. The van der Waals surface area contributed by atoms with Gasteiger partial charge in [0.15, 0.2) is 0 Å². The van der Waals surface area contributed by atoms with E-state index in [9.17, 15) is 28.8 Å². The summed E-state index contributed by atoms with van der Waals surface area (Å²) in [5, 5.41) is 5.67. The molecular weight excluding hydrogens is 688 g/mol. The van der Waals surface area contributed by atoms with E-state index in [-0.39, 0.29) is 48.5 Å². The van der Waals surface area contributed by atoms with E-state index in [0.29, 0.717) is 64.6 Å². The summed E-state index contributed by atoms with van der Waals surface area (Å²) in [4.78, 5) is 81.3. The van der Waals surface area contributed by atoms with Crippen LogP contribution in [-0.4, -0.2) is 78.0 Å². The zero-order chi connectivity index (χ0) is 38.7. The van der Waals surface area contributed by atoms with Crippen molar-refractivity contribution < 1.29 is 33.4 Å². The Kier molecular flexibility index (Phi) is 13.8. The van der Waals surface area contributed by atoms with Gasteiger partial charge in [0.05, 0.1) is 30.5 Å². The zero-order valence-corrected chi connectivity index (χ0v) is 31.5. The first-order valence-corrected chi connectivity index (χ1v) is 19.1. The molecule has 2 N–H and O–H groups in total. The Morgan fingerprint density at radius 2 is 1.57 bits per heavy atom. The Morgan fingerprint density at radius 1 is 0.870 bits per heavy atom. The summed E-state index contributed by atoms with van der Waals surface area (Å²) in [5.41, 5.74) is 1.06. The molecule has 5 rings (SSSR count). The normalized spacial score (nSPS) is 18.9. The van der Waals surface area contributed by atoms with Crippen LogP contribution in [0.5, 0.6) is 0 Å². The van der Waals surface area contributed by atoms with Gasteiger partial charge >= 0.3 is 12.1 Å². The minimum atomic E-state index is -1.07. The van der Waals surface area contributed by atoms with Gasteiger partial charge in [0.1, 0.15) is 11.3 Å². The van der Waals surface area contributed by atoms with Crippen molar-refractivity contribution in [2.75, 3.05) is 32.8 Å². The number of unbranched alkanes of at least 4 members (excludes halogenated alkanes) is 1. The van der Waals surface area contributed by atoms with Gasteiger partial charge in [-0.1, -0.05) is 61.0 Å². The molecule has 3 amide bonds. The second kappa shape index (κ2) is 18.7. The molecule has 0 saturated carbocycles. The molecule has 1 aliphatic carbocycles. The Labute approximate surface area is 316 Å².